The first-order valence-corrected chi connectivity index (χ1v) is 6.38. The number of ether oxygens (including phenoxy) is 1. The molecule has 0 aliphatic carbocycles. The van der Waals surface area contributed by atoms with Crippen molar-refractivity contribution in [3.63, 3.8) is 0 Å². The fourth-order valence-corrected chi connectivity index (χ4v) is 2.03. The minimum Gasteiger partial charge on any atom is -0.397 e. The van der Waals surface area contributed by atoms with Gasteiger partial charge in [0.05, 0.1) is 31.2 Å². The number of hydrogen-bond donors (Lipinski definition) is 2. The largest absolute Gasteiger partial charge is 0.397 e. The van der Waals surface area contributed by atoms with Gasteiger partial charge in [-0.1, -0.05) is 12.1 Å². The normalized spacial score (nSPS) is 10.9. The zero-order chi connectivity index (χ0) is 13.5. The van der Waals surface area contributed by atoms with E-state index in [9.17, 15) is 0 Å². The second-order valence-corrected chi connectivity index (χ2v) is 4.64. The third-order valence-corrected chi connectivity index (χ3v) is 2.89. The highest BCUT2D eigenvalue weighted by Crippen LogP contribution is 2.28. The quantitative estimate of drug-likeness (QED) is 0.574. The van der Waals surface area contributed by atoms with Gasteiger partial charge in [-0.3, -0.25) is 0 Å². The van der Waals surface area contributed by atoms with Gasteiger partial charge in [-0.15, -0.1) is 0 Å². The van der Waals surface area contributed by atoms with Gasteiger partial charge in [-0.2, -0.15) is 0 Å². The van der Waals surface area contributed by atoms with Crippen LogP contribution in [0.15, 0.2) is 18.2 Å². The number of aliphatic hydroxyl groups is 1. The lowest BCUT2D eigenvalue weighted by molar-refractivity contribution is 0.0961. The summed E-state index contributed by atoms with van der Waals surface area (Å²) in [4.78, 5) is 2.24. The Balaban J connectivity index is 2.78. The van der Waals surface area contributed by atoms with Gasteiger partial charge in [0, 0.05) is 12.6 Å². The van der Waals surface area contributed by atoms with E-state index < -0.39 is 0 Å². The zero-order valence-electron chi connectivity index (χ0n) is 11.5. The van der Waals surface area contributed by atoms with Crippen LogP contribution in [0.3, 0.4) is 0 Å². The van der Waals surface area contributed by atoms with Gasteiger partial charge in [0.2, 0.25) is 0 Å². The van der Waals surface area contributed by atoms with Crippen LogP contribution >= 0.6 is 0 Å². The monoisotopic (exact) mass is 252 g/mol. The van der Waals surface area contributed by atoms with E-state index in [0.717, 1.165) is 17.9 Å². The van der Waals surface area contributed by atoms with Gasteiger partial charge in [0.1, 0.15) is 0 Å². The first-order valence-electron chi connectivity index (χ1n) is 6.38. The highest BCUT2D eigenvalue weighted by Gasteiger charge is 2.15. The maximum absolute atomic E-state index is 8.69. The number of aliphatic hydroxyl groups excluding tert-OH is 1. The molecule has 0 heterocycles. The molecular formula is C14H24N2O2. The van der Waals surface area contributed by atoms with Crippen LogP contribution in [0.2, 0.25) is 0 Å². The predicted molar refractivity (Wildman–Crippen MR) is 76.0 cm³/mol. The van der Waals surface area contributed by atoms with E-state index in [0.29, 0.717) is 19.3 Å². The van der Waals surface area contributed by atoms with Crippen LogP contribution in [0.25, 0.3) is 0 Å². The maximum Gasteiger partial charge on any atom is 0.0698 e. The second kappa shape index (κ2) is 7.24. The molecule has 0 aliphatic rings. The summed E-state index contributed by atoms with van der Waals surface area (Å²) in [6.45, 7) is 8.15. The molecule has 0 bridgehead atoms. The van der Waals surface area contributed by atoms with Gasteiger partial charge in [0.25, 0.3) is 0 Å². The van der Waals surface area contributed by atoms with Gasteiger partial charge in [-0.05, 0) is 32.4 Å². The number of para-hydroxylation sites is 1. The number of benzene rings is 1. The Morgan fingerprint density at radius 2 is 2.06 bits per heavy atom. The zero-order valence-corrected chi connectivity index (χ0v) is 11.5. The molecule has 4 heteroatoms. The van der Waals surface area contributed by atoms with Crippen molar-refractivity contribution >= 4 is 11.4 Å². The minimum absolute atomic E-state index is 0.0637. The molecule has 18 heavy (non-hydrogen) atoms. The van der Waals surface area contributed by atoms with Crippen molar-refractivity contribution in [3.05, 3.63) is 23.8 Å². The van der Waals surface area contributed by atoms with Crippen molar-refractivity contribution in [1.82, 2.24) is 0 Å². The molecule has 0 saturated heterocycles. The average molecular weight is 252 g/mol. The molecule has 0 aliphatic heterocycles. The Labute approximate surface area is 109 Å². The van der Waals surface area contributed by atoms with E-state index in [1.54, 1.807) is 0 Å². The van der Waals surface area contributed by atoms with Crippen molar-refractivity contribution in [1.29, 1.82) is 0 Å². The van der Waals surface area contributed by atoms with Crippen LogP contribution in [0.1, 0.15) is 19.4 Å². The second-order valence-electron chi connectivity index (χ2n) is 4.64. The fraction of sp³-hybridized carbons (Fsp3) is 0.571. The Morgan fingerprint density at radius 3 is 2.61 bits per heavy atom. The van der Waals surface area contributed by atoms with Crippen LogP contribution in [0.4, 0.5) is 11.4 Å². The van der Waals surface area contributed by atoms with Crippen LogP contribution in [0.5, 0.6) is 0 Å². The molecule has 0 fully saturated rings. The van der Waals surface area contributed by atoms with Crippen molar-refractivity contribution in [2.75, 3.05) is 37.0 Å². The molecule has 0 unspecified atom stereocenters. The molecule has 102 valence electrons. The number of hydrogen-bond acceptors (Lipinski definition) is 4. The molecular weight excluding hydrogens is 228 g/mol. The molecule has 0 atom stereocenters. The lowest BCUT2D eigenvalue weighted by Gasteiger charge is -2.31. The standard InChI is InChI=1S/C14H24N2O2/c1-11(2)16(7-9-18-10-8-17)14-12(3)5-4-6-13(14)15/h4-6,11,17H,7-10,15H2,1-3H3. The summed E-state index contributed by atoms with van der Waals surface area (Å²) in [5, 5.41) is 8.69. The smallest absolute Gasteiger partial charge is 0.0698 e. The van der Waals surface area contributed by atoms with Crippen molar-refractivity contribution in [3.8, 4) is 0 Å². The van der Waals surface area contributed by atoms with Gasteiger partial charge < -0.3 is 20.5 Å². The molecule has 0 aromatic heterocycles. The maximum atomic E-state index is 8.69. The summed E-state index contributed by atoms with van der Waals surface area (Å²) in [6, 6.07) is 6.31. The molecule has 1 aromatic rings. The van der Waals surface area contributed by atoms with Gasteiger partial charge >= 0.3 is 0 Å². The molecule has 0 radical (unpaired) electrons. The van der Waals surface area contributed by atoms with Gasteiger partial charge in [-0.25, -0.2) is 0 Å². The van der Waals surface area contributed by atoms with Crippen LogP contribution < -0.4 is 10.6 Å². The predicted octanol–water partition coefficient (Wildman–Crippen LogP) is 1.80. The lowest BCUT2D eigenvalue weighted by Crippen LogP contribution is -2.35. The Kier molecular flexibility index (Phi) is 5.95. The van der Waals surface area contributed by atoms with E-state index in [4.69, 9.17) is 15.6 Å². The van der Waals surface area contributed by atoms with Crippen molar-refractivity contribution < 1.29 is 9.84 Å². The first kappa shape index (κ1) is 14.8. The molecule has 3 N–H and O–H groups in total. The van der Waals surface area contributed by atoms with E-state index >= 15 is 0 Å². The topological polar surface area (TPSA) is 58.7 Å². The first-order chi connectivity index (χ1) is 8.57. The third-order valence-electron chi connectivity index (χ3n) is 2.89. The van der Waals surface area contributed by atoms with E-state index in [1.807, 2.05) is 12.1 Å². The van der Waals surface area contributed by atoms with Crippen LogP contribution in [0, 0.1) is 6.92 Å². The summed E-state index contributed by atoms with van der Waals surface area (Å²) < 4.78 is 5.33. The van der Waals surface area contributed by atoms with Crippen LogP contribution in [-0.2, 0) is 4.74 Å². The highest BCUT2D eigenvalue weighted by atomic mass is 16.5. The van der Waals surface area contributed by atoms with E-state index in [1.165, 1.54) is 5.56 Å². The van der Waals surface area contributed by atoms with Gasteiger partial charge in [0.15, 0.2) is 0 Å². The molecule has 0 amide bonds. The third kappa shape index (κ3) is 3.89. The number of nitrogens with zero attached hydrogens (tertiary/aromatic N) is 1. The van der Waals surface area contributed by atoms with Crippen molar-refractivity contribution in [2.24, 2.45) is 0 Å². The van der Waals surface area contributed by atoms with Crippen LogP contribution in [-0.4, -0.2) is 37.5 Å². The molecule has 1 aromatic carbocycles. The number of anilines is 2. The van der Waals surface area contributed by atoms with Crippen molar-refractivity contribution in [2.45, 2.75) is 26.8 Å². The lowest BCUT2D eigenvalue weighted by atomic mass is 10.1. The molecule has 0 saturated carbocycles. The van der Waals surface area contributed by atoms with E-state index in [2.05, 4.69) is 31.7 Å². The Hall–Kier alpha value is -1.26. The SMILES string of the molecule is Cc1cccc(N)c1N(CCOCCO)C(C)C. The summed E-state index contributed by atoms with van der Waals surface area (Å²) in [5.74, 6) is 0. The average Bonchev–Trinajstić information content (AvgIpc) is 2.31. The summed E-state index contributed by atoms with van der Waals surface area (Å²) in [7, 11) is 0. The number of rotatable bonds is 7. The number of nitrogen functional groups attached to an aromatic ring is 1. The Morgan fingerprint density at radius 1 is 1.33 bits per heavy atom. The minimum atomic E-state index is 0.0637. The summed E-state index contributed by atoms with van der Waals surface area (Å²) >= 11 is 0. The molecule has 1 rings (SSSR count). The molecule has 4 nitrogen and oxygen atoms in total. The summed E-state index contributed by atoms with van der Waals surface area (Å²) in [5.41, 5.74) is 9.12. The highest BCUT2D eigenvalue weighted by molar-refractivity contribution is 5.71. The summed E-state index contributed by atoms with van der Waals surface area (Å²) in [6.07, 6.45) is 0. The number of aryl methyl sites for hydroxylation is 1. The Bertz CT molecular complexity index is 347. The fourth-order valence-electron chi connectivity index (χ4n) is 2.03. The number of nitrogens with two attached hydrogens (primary N) is 1. The molecule has 0 spiro atoms. The van der Waals surface area contributed by atoms with E-state index in [-0.39, 0.29) is 6.61 Å².